The number of benzene rings is 1. The van der Waals surface area contributed by atoms with Crippen molar-refractivity contribution in [3.8, 4) is 0 Å². The van der Waals surface area contributed by atoms with Crippen molar-refractivity contribution < 1.29 is 4.39 Å². The van der Waals surface area contributed by atoms with Gasteiger partial charge in [-0.25, -0.2) is 14.4 Å². The molecular formula is C14H16FN3. The van der Waals surface area contributed by atoms with Gasteiger partial charge in [0.15, 0.2) is 0 Å². The molecule has 1 heterocycles. The molecule has 94 valence electrons. The van der Waals surface area contributed by atoms with Gasteiger partial charge in [-0.3, -0.25) is 0 Å². The van der Waals surface area contributed by atoms with E-state index in [0.717, 1.165) is 11.3 Å². The minimum Gasteiger partial charge on any atom is -0.308 e. The van der Waals surface area contributed by atoms with E-state index in [4.69, 9.17) is 0 Å². The molecule has 1 atom stereocenters. The number of rotatable bonds is 5. The second-order valence-electron chi connectivity index (χ2n) is 4.28. The Morgan fingerprint density at radius 3 is 2.83 bits per heavy atom. The van der Waals surface area contributed by atoms with Gasteiger partial charge in [0.05, 0.1) is 5.69 Å². The van der Waals surface area contributed by atoms with Crippen LogP contribution in [0.2, 0.25) is 0 Å². The fourth-order valence-electron chi connectivity index (χ4n) is 1.77. The predicted molar refractivity (Wildman–Crippen MR) is 68.4 cm³/mol. The van der Waals surface area contributed by atoms with Crippen molar-refractivity contribution in [2.75, 3.05) is 0 Å². The molecule has 18 heavy (non-hydrogen) atoms. The Labute approximate surface area is 106 Å². The topological polar surface area (TPSA) is 37.8 Å². The Morgan fingerprint density at radius 1 is 1.28 bits per heavy atom. The van der Waals surface area contributed by atoms with Gasteiger partial charge in [0.1, 0.15) is 12.1 Å². The van der Waals surface area contributed by atoms with E-state index in [-0.39, 0.29) is 11.9 Å². The van der Waals surface area contributed by atoms with Crippen LogP contribution in [0.3, 0.4) is 0 Å². The molecule has 2 rings (SSSR count). The zero-order chi connectivity index (χ0) is 12.8. The standard InChI is InChI=1S/C14H16FN3/c1-11(8-12-4-2-3-5-14(12)15)17-9-13-6-7-16-10-18-13/h2-7,10-11,17H,8-9H2,1H3. The Balaban J connectivity index is 1.86. The van der Waals surface area contributed by atoms with Crippen LogP contribution in [-0.4, -0.2) is 16.0 Å². The highest BCUT2D eigenvalue weighted by molar-refractivity contribution is 5.18. The van der Waals surface area contributed by atoms with Crippen molar-refractivity contribution >= 4 is 0 Å². The highest BCUT2D eigenvalue weighted by atomic mass is 19.1. The van der Waals surface area contributed by atoms with E-state index in [1.54, 1.807) is 12.3 Å². The Bertz CT molecular complexity index is 487. The van der Waals surface area contributed by atoms with Crippen LogP contribution in [0.15, 0.2) is 42.9 Å². The van der Waals surface area contributed by atoms with Crippen molar-refractivity contribution in [1.29, 1.82) is 0 Å². The van der Waals surface area contributed by atoms with Crippen LogP contribution in [0.5, 0.6) is 0 Å². The summed E-state index contributed by atoms with van der Waals surface area (Å²) in [6, 6.07) is 8.93. The molecule has 0 amide bonds. The molecule has 0 fully saturated rings. The third-order valence-electron chi connectivity index (χ3n) is 2.76. The molecule has 0 saturated heterocycles. The summed E-state index contributed by atoms with van der Waals surface area (Å²) in [5, 5.41) is 3.32. The maximum absolute atomic E-state index is 13.5. The Hall–Kier alpha value is -1.81. The third kappa shape index (κ3) is 3.60. The first kappa shape index (κ1) is 12.6. The number of nitrogens with zero attached hydrogens (tertiary/aromatic N) is 2. The maximum atomic E-state index is 13.5. The zero-order valence-corrected chi connectivity index (χ0v) is 10.3. The van der Waals surface area contributed by atoms with E-state index < -0.39 is 0 Å². The molecule has 0 spiro atoms. The molecule has 1 aromatic carbocycles. The van der Waals surface area contributed by atoms with Crippen molar-refractivity contribution in [1.82, 2.24) is 15.3 Å². The molecule has 1 N–H and O–H groups in total. The quantitative estimate of drug-likeness (QED) is 0.878. The van der Waals surface area contributed by atoms with Crippen LogP contribution < -0.4 is 5.32 Å². The summed E-state index contributed by atoms with van der Waals surface area (Å²) in [7, 11) is 0. The normalized spacial score (nSPS) is 12.3. The van der Waals surface area contributed by atoms with Gasteiger partial charge in [-0.15, -0.1) is 0 Å². The number of aromatic nitrogens is 2. The van der Waals surface area contributed by atoms with Crippen LogP contribution in [0.25, 0.3) is 0 Å². The van der Waals surface area contributed by atoms with Crippen LogP contribution in [-0.2, 0) is 13.0 Å². The van der Waals surface area contributed by atoms with Crippen LogP contribution in [0.4, 0.5) is 4.39 Å². The molecule has 0 bridgehead atoms. The molecule has 2 aromatic rings. The average molecular weight is 245 g/mol. The lowest BCUT2D eigenvalue weighted by molar-refractivity contribution is 0.521. The number of hydrogen-bond acceptors (Lipinski definition) is 3. The molecule has 3 nitrogen and oxygen atoms in total. The van der Waals surface area contributed by atoms with E-state index in [2.05, 4.69) is 15.3 Å². The summed E-state index contributed by atoms with van der Waals surface area (Å²) in [5.74, 6) is -0.145. The molecule has 0 aliphatic heterocycles. The average Bonchev–Trinajstić information content (AvgIpc) is 2.40. The zero-order valence-electron chi connectivity index (χ0n) is 10.3. The third-order valence-corrected chi connectivity index (χ3v) is 2.76. The van der Waals surface area contributed by atoms with Crippen molar-refractivity contribution in [2.45, 2.75) is 25.9 Å². The fraction of sp³-hybridized carbons (Fsp3) is 0.286. The summed E-state index contributed by atoms with van der Waals surface area (Å²) < 4.78 is 13.5. The molecule has 0 radical (unpaired) electrons. The fourth-order valence-corrected chi connectivity index (χ4v) is 1.77. The first-order valence-corrected chi connectivity index (χ1v) is 5.97. The molecule has 1 aromatic heterocycles. The van der Waals surface area contributed by atoms with Crippen molar-refractivity contribution in [3.05, 3.63) is 59.9 Å². The Kier molecular flexibility index (Phi) is 4.36. The minimum absolute atomic E-state index is 0.145. The second-order valence-corrected chi connectivity index (χ2v) is 4.28. The second kappa shape index (κ2) is 6.21. The van der Waals surface area contributed by atoms with Gasteiger partial charge >= 0.3 is 0 Å². The van der Waals surface area contributed by atoms with Gasteiger partial charge in [0.25, 0.3) is 0 Å². The van der Waals surface area contributed by atoms with E-state index in [1.807, 2.05) is 25.1 Å². The molecular weight excluding hydrogens is 229 g/mol. The van der Waals surface area contributed by atoms with Crippen LogP contribution in [0, 0.1) is 5.82 Å². The van der Waals surface area contributed by atoms with Gasteiger partial charge in [-0.1, -0.05) is 18.2 Å². The predicted octanol–water partition coefficient (Wildman–Crippen LogP) is 2.34. The largest absolute Gasteiger partial charge is 0.308 e. The lowest BCUT2D eigenvalue weighted by Crippen LogP contribution is -2.28. The van der Waals surface area contributed by atoms with E-state index in [9.17, 15) is 4.39 Å². The monoisotopic (exact) mass is 245 g/mol. The number of hydrogen-bond donors (Lipinski definition) is 1. The van der Waals surface area contributed by atoms with E-state index >= 15 is 0 Å². The summed E-state index contributed by atoms with van der Waals surface area (Å²) in [6.07, 6.45) is 3.90. The van der Waals surface area contributed by atoms with Gasteiger partial charge in [0, 0.05) is 18.8 Å². The van der Waals surface area contributed by atoms with Gasteiger partial charge < -0.3 is 5.32 Å². The van der Waals surface area contributed by atoms with E-state index in [0.29, 0.717) is 13.0 Å². The van der Waals surface area contributed by atoms with Crippen molar-refractivity contribution in [3.63, 3.8) is 0 Å². The summed E-state index contributed by atoms with van der Waals surface area (Å²) in [4.78, 5) is 7.99. The SMILES string of the molecule is CC(Cc1ccccc1F)NCc1ccncn1. The summed E-state index contributed by atoms with van der Waals surface area (Å²) in [5.41, 5.74) is 1.67. The number of halogens is 1. The molecule has 0 saturated carbocycles. The first-order chi connectivity index (χ1) is 8.75. The van der Waals surface area contributed by atoms with Gasteiger partial charge in [-0.2, -0.15) is 0 Å². The number of nitrogens with one attached hydrogen (secondary N) is 1. The van der Waals surface area contributed by atoms with Crippen molar-refractivity contribution in [2.24, 2.45) is 0 Å². The first-order valence-electron chi connectivity index (χ1n) is 5.97. The summed E-state index contributed by atoms with van der Waals surface area (Å²) in [6.45, 7) is 2.70. The lowest BCUT2D eigenvalue weighted by Gasteiger charge is -2.13. The van der Waals surface area contributed by atoms with Crippen LogP contribution >= 0.6 is 0 Å². The van der Waals surface area contributed by atoms with Gasteiger partial charge in [-0.05, 0) is 31.0 Å². The highest BCUT2D eigenvalue weighted by Gasteiger charge is 2.07. The van der Waals surface area contributed by atoms with Crippen LogP contribution in [0.1, 0.15) is 18.2 Å². The summed E-state index contributed by atoms with van der Waals surface area (Å²) >= 11 is 0. The van der Waals surface area contributed by atoms with Gasteiger partial charge in [0.2, 0.25) is 0 Å². The Morgan fingerprint density at radius 2 is 2.11 bits per heavy atom. The molecule has 0 aliphatic rings. The molecule has 1 unspecified atom stereocenters. The van der Waals surface area contributed by atoms with E-state index in [1.165, 1.54) is 12.4 Å². The maximum Gasteiger partial charge on any atom is 0.126 e. The highest BCUT2D eigenvalue weighted by Crippen LogP contribution is 2.09. The lowest BCUT2D eigenvalue weighted by atomic mass is 10.1. The molecule has 0 aliphatic carbocycles. The smallest absolute Gasteiger partial charge is 0.126 e. The minimum atomic E-state index is -0.145. The molecule has 4 heteroatoms.